The van der Waals surface area contributed by atoms with E-state index in [4.69, 9.17) is 31.3 Å². The molecule has 3 aromatic rings. The van der Waals surface area contributed by atoms with Gasteiger partial charge in [-0.05, 0) is 51.5 Å². The summed E-state index contributed by atoms with van der Waals surface area (Å²) in [7, 11) is -3.75. The maximum atomic E-state index is 13.9. The molecular formula is C22H30ClN6O5P. The molecule has 0 fully saturated rings. The standard InChI is InChI=1S/C22H30ClN6O5P/c1-5-10-32-21(30)22(3,4)28-35(31,34-17-8-6-16(23)7-9-17)14-33-15(2)11-29-13-27-18-19(24)25-12-26-20(18)29/h6-9,12-13,15H,5,10-11,14H2,1-4H3,(H,28,31)(H2,24,25,26). The third kappa shape index (κ3) is 7.14. The lowest BCUT2D eigenvalue weighted by Crippen LogP contribution is -2.47. The van der Waals surface area contributed by atoms with E-state index >= 15 is 0 Å². The van der Waals surface area contributed by atoms with E-state index in [9.17, 15) is 9.36 Å². The van der Waals surface area contributed by atoms with Crippen LogP contribution >= 0.6 is 19.1 Å². The number of benzene rings is 1. The Morgan fingerprint density at radius 1 is 1.26 bits per heavy atom. The SMILES string of the molecule is CCCOC(=O)C(C)(C)NP(=O)(COC(C)Cn1cnc2c(N)ncnc21)Oc1ccc(Cl)cc1. The molecular weight excluding hydrogens is 495 g/mol. The van der Waals surface area contributed by atoms with Crippen LogP contribution in [0, 0.1) is 0 Å². The van der Waals surface area contributed by atoms with Crippen molar-refractivity contribution in [1.29, 1.82) is 0 Å². The zero-order chi connectivity index (χ0) is 25.6. The second-order valence-corrected chi connectivity index (χ2v) is 11.0. The Morgan fingerprint density at radius 3 is 2.66 bits per heavy atom. The molecule has 0 aliphatic rings. The summed E-state index contributed by atoms with van der Waals surface area (Å²) in [5, 5.41) is 3.34. The molecule has 2 heterocycles. The third-order valence-electron chi connectivity index (χ3n) is 4.88. The Labute approximate surface area is 208 Å². The number of imidazole rings is 1. The number of nitrogens with zero attached hydrogens (tertiary/aromatic N) is 4. The van der Waals surface area contributed by atoms with Gasteiger partial charge in [-0.3, -0.25) is 9.36 Å². The van der Waals surface area contributed by atoms with Crippen LogP contribution in [0.15, 0.2) is 36.9 Å². The summed E-state index contributed by atoms with van der Waals surface area (Å²) in [6, 6.07) is 6.40. The number of fused-ring (bicyclic) bond motifs is 1. The molecule has 35 heavy (non-hydrogen) atoms. The average Bonchev–Trinajstić information content (AvgIpc) is 3.21. The topological polar surface area (TPSA) is 143 Å². The summed E-state index contributed by atoms with van der Waals surface area (Å²) in [5.41, 5.74) is 5.61. The summed E-state index contributed by atoms with van der Waals surface area (Å²) < 4.78 is 32.6. The lowest BCUT2D eigenvalue weighted by atomic mass is 10.1. The van der Waals surface area contributed by atoms with Crippen molar-refractivity contribution in [2.75, 3.05) is 18.7 Å². The molecule has 190 valence electrons. The Balaban J connectivity index is 1.74. The molecule has 13 heteroatoms. The van der Waals surface area contributed by atoms with Crippen LogP contribution < -0.4 is 15.3 Å². The molecule has 11 nitrogen and oxygen atoms in total. The number of carbonyl (C=O) groups excluding carboxylic acids is 1. The van der Waals surface area contributed by atoms with Gasteiger partial charge in [0.25, 0.3) is 0 Å². The Bertz CT molecular complexity index is 1200. The van der Waals surface area contributed by atoms with Gasteiger partial charge in [-0.15, -0.1) is 0 Å². The number of nitrogen functional groups attached to an aromatic ring is 1. The largest absolute Gasteiger partial charge is 0.464 e. The summed E-state index contributed by atoms with van der Waals surface area (Å²) in [6.45, 7) is 7.47. The van der Waals surface area contributed by atoms with Crippen molar-refractivity contribution in [3.8, 4) is 5.75 Å². The van der Waals surface area contributed by atoms with Crippen LogP contribution in [0.25, 0.3) is 11.2 Å². The molecule has 0 bridgehead atoms. The van der Waals surface area contributed by atoms with Crippen LogP contribution in [-0.2, 0) is 25.4 Å². The van der Waals surface area contributed by atoms with Crippen molar-refractivity contribution in [3.05, 3.63) is 41.9 Å². The fourth-order valence-corrected chi connectivity index (χ4v) is 5.33. The van der Waals surface area contributed by atoms with E-state index < -0.39 is 25.1 Å². The first-order valence-corrected chi connectivity index (χ1v) is 13.3. The van der Waals surface area contributed by atoms with Crippen LogP contribution in [-0.4, -0.2) is 50.1 Å². The van der Waals surface area contributed by atoms with Crippen LogP contribution in [0.3, 0.4) is 0 Å². The van der Waals surface area contributed by atoms with Gasteiger partial charge in [0.05, 0.1) is 25.6 Å². The van der Waals surface area contributed by atoms with Crippen molar-refractivity contribution < 1.29 is 23.4 Å². The van der Waals surface area contributed by atoms with E-state index in [2.05, 4.69) is 20.0 Å². The highest BCUT2D eigenvalue weighted by molar-refractivity contribution is 7.57. The van der Waals surface area contributed by atoms with Crippen LogP contribution in [0.4, 0.5) is 5.82 Å². The van der Waals surface area contributed by atoms with Crippen LogP contribution in [0.5, 0.6) is 5.75 Å². The Morgan fingerprint density at radius 2 is 1.97 bits per heavy atom. The number of hydrogen-bond donors (Lipinski definition) is 2. The first kappa shape index (κ1) is 26.9. The first-order valence-electron chi connectivity index (χ1n) is 11.1. The van der Waals surface area contributed by atoms with Gasteiger partial charge in [0, 0.05) is 5.02 Å². The lowest BCUT2D eigenvalue weighted by molar-refractivity contribution is -0.149. The molecule has 0 saturated carbocycles. The average molecular weight is 525 g/mol. The second-order valence-electron chi connectivity index (χ2n) is 8.53. The zero-order valence-electron chi connectivity index (χ0n) is 20.1. The summed E-state index contributed by atoms with van der Waals surface area (Å²) in [6.07, 6.45) is 2.89. The molecule has 2 atom stereocenters. The van der Waals surface area contributed by atoms with Crippen molar-refractivity contribution in [2.45, 2.75) is 52.3 Å². The van der Waals surface area contributed by atoms with Gasteiger partial charge in [0.2, 0.25) is 0 Å². The van der Waals surface area contributed by atoms with E-state index in [-0.39, 0.29) is 18.8 Å². The molecule has 0 radical (unpaired) electrons. The number of ether oxygens (including phenoxy) is 2. The highest BCUT2D eigenvalue weighted by Crippen LogP contribution is 2.45. The summed E-state index contributed by atoms with van der Waals surface area (Å²) >= 11 is 5.95. The predicted molar refractivity (Wildman–Crippen MR) is 133 cm³/mol. The number of nitrogens with two attached hydrogens (primary N) is 1. The lowest BCUT2D eigenvalue weighted by Gasteiger charge is -2.30. The van der Waals surface area contributed by atoms with Gasteiger partial charge < -0.3 is 24.3 Å². The smallest absolute Gasteiger partial charge is 0.342 e. The highest BCUT2D eigenvalue weighted by Gasteiger charge is 2.39. The van der Waals surface area contributed by atoms with Crippen molar-refractivity contribution >= 4 is 42.1 Å². The summed E-state index contributed by atoms with van der Waals surface area (Å²) in [4.78, 5) is 24.9. The number of hydrogen-bond acceptors (Lipinski definition) is 9. The molecule has 3 N–H and O–H groups in total. The Kier molecular flexibility index (Phi) is 8.71. The first-order chi connectivity index (χ1) is 16.5. The fraction of sp³-hybridized carbons (Fsp3) is 0.455. The number of aromatic nitrogens is 4. The molecule has 0 spiro atoms. The zero-order valence-corrected chi connectivity index (χ0v) is 21.8. The van der Waals surface area contributed by atoms with Gasteiger partial charge in [-0.25, -0.2) is 20.0 Å². The van der Waals surface area contributed by atoms with Gasteiger partial charge >= 0.3 is 13.5 Å². The van der Waals surface area contributed by atoms with E-state index in [0.717, 1.165) is 0 Å². The number of rotatable bonds is 12. The predicted octanol–water partition coefficient (Wildman–Crippen LogP) is 4.02. The van der Waals surface area contributed by atoms with Gasteiger partial charge in [0.1, 0.15) is 29.5 Å². The number of carbonyl (C=O) groups is 1. The summed E-state index contributed by atoms with van der Waals surface area (Å²) in [5.74, 6) is 0.0473. The third-order valence-corrected chi connectivity index (χ3v) is 7.02. The second kappa shape index (κ2) is 11.3. The number of esters is 1. The minimum atomic E-state index is -3.75. The van der Waals surface area contributed by atoms with Gasteiger partial charge in [-0.1, -0.05) is 18.5 Å². The molecule has 2 aromatic heterocycles. The monoisotopic (exact) mass is 524 g/mol. The minimum Gasteiger partial charge on any atom is -0.464 e. The van der Waals surface area contributed by atoms with E-state index in [1.807, 2.05) is 13.8 Å². The number of anilines is 1. The van der Waals surface area contributed by atoms with Gasteiger partial charge in [0.15, 0.2) is 11.5 Å². The van der Waals surface area contributed by atoms with Crippen molar-refractivity contribution in [2.24, 2.45) is 0 Å². The molecule has 0 amide bonds. The minimum absolute atomic E-state index is 0.257. The molecule has 0 aliphatic carbocycles. The quantitative estimate of drug-likeness (QED) is 0.263. The maximum absolute atomic E-state index is 13.9. The molecule has 1 aromatic carbocycles. The molecule has 0 saturated heterocycles. The van der Waals surface area contributed by atoms with Crippen LogP contribution in [0.1, 0.15) is 34.1 Å². The normalized spacial score (nSPS) is 14.4. The van der Waals surface area contributed by atoms with E-state index in [0.29, 0.717) is 34.9 Å². The van der Waals surface area contributed by atoms with Gasteiger partial charge in [-0.2, -0.15) is 0 Å². The van der Waals surface area contributed by atoms with Crippen molar-refractivity contribution in [3.63, 3.8) is 0 Å². The fourth-order valence-electron chi connectivity index (χ4n) is 3.18. The van der Waals surface area contributed by atoms with E-state index in [1.54, 1.807) is 49.0 Å². The molecule has 2 unspecified atom stereocenters. The van der Waals surface area contributed by atoms with E-state index in [1.165, 1.54) is 6.33 Å². The Hall–Kier alpha value is -2.72. The number of nitrogens with one attached hydrogen (secondary N) is 1. The van der Waals surface area contributed by atoms with Crippen molar-refractivity contribution in [1.82, 2.24) is 24.6 Å². The van der Waals surface area contributed by atoms with Crippen LogP contribution in [0.2, 0.25) is 5.02 Å². The molecule has 3 rings (SSSR count). The maximum Gasteiger partial charge on any atom is 0.342 e. The number of halogens is 1. The molecule has 0 aliphatic heterocycles. The highest BCUT2D eigenvalue weighted by atomic mass is 35.5.